The molecule has 168 valence electrons. The van der Waals surface area contributed by atoms with Gasteiger partial charge in [-0.2, -0.15) is 0 Å². The largest absolute Gasteiger partial charge is 0.460 e. The van der Waals surface area contributed by atoms with Crippen molar-refractivity contribution in [1.29, 1.82) is 0 Å². The molecular formula is C21H28N4O6. The number of aliphatic hydroxyl groups is 4. The number of esters is 1. The van der Waals surface area contributed by atoms with Gasteiger partial charge in [-0.25, -0.2) is 4.68 Å². The number of pyridine rings is 1. The molecule has 0 radical (unpaired) electrons. The average Bonchev–Trinajstić information content (AvgIpc) is 3.28. The van der Waals surface area contributed by atoms with Gasteiger partial charge in [0.1, 0.15) is 17.4 Å². The number of rotatable bonds is 3. The molecule has 2 aliphatic rings. The Bertz CT molecular complexity index is 929. The maximum atomic E-state index is 13.0. The summed E-state index contributed by atoms with van der Waals surface area (Å²) in [5.41, 5.74) is 0.301. The van der Waals surface area contributed by atoms with Crippen LogP contribution in [0.1, 0.15) is 33.2 Å². The number of nitrogens with zero attached hydrogens (tertiary/aromatic N) is 4. The minimum absolute atomic E-state index is 0.0466. The number of fused-ring (bicyclic) bond motifs is 1. The normalized spacial score (nSPS) is 35.6. The van der Waals surface area contributed by atoms with Gasteiger partial charge in [-0.15, -0.1) is 5.10 Å². The topological polar surface area (TPSA) is 151 Å². The summed E-state index contributed by atoms with van der Waals surface area (Å²) in [5.74, 6) is -3.04. The first-order valence-corrected chi connectivity index (χ1v) is 10.4. The summed E-state index contributed by atoms with van der Waals surface area (Å²) in [6.07, 6.45) is -2.03. The van der Waals surface area contributed by atoms with Gasteiger partial charge in [0, 0.05) is 18.0 Å². The van der Waals surface area contributed by atoms with Gasteiger partial charge < -0.3 is 25.2 Å². The smallest absolute Gasteiger partial charge is 0.309 e. The van der Waals surface area contributed by atoms with E-state index in [1.54, 1.807) is 45.3 Å². The molecule has 2 saturated carbocycles. The molecule has 4 rings (SSSR count). The Kier molecular flexibility index (Phi) is 5.59. The Labute approximate surface area is 179 Å². The zero-order valence-corrected chi connectivity index (χ0v) is 17.6. The van der Waals surface area contributed by atoms with E-state index in [4.69, 9.17) is 4.74 Å². The van der Waals surface area contributed by atoms with Crippen LogP contribution in [0.15, 0.2) is 30.6 Å². The number of aliphatic hydroxyl groups excluding tert-OH is 4. The summed E-state index contributed by atoms with van der Waals surface area (Å²) in [6, 6.07) is 4.50. The quantitative estimate of drug-likeness (QED) is 0.489. The van der Waals surface area contributed by atoms with Crippen molar-refractivity contribution < 1.29 is 30.0 Å². The van der Waals surface area contributed by atoms with Crippen molar-refractivity contribution in [1.82, 2.24) is 20.0 Å². The van der Waals surface area contributed by atoms with Gasteiger partial charge >= 0.3 is 5.97 Å². The SMILES string of the molecule is CC(C)(C)OC(=O)[C@H]1C[C@@H](O)[C@@H](O)[C@@H]2[C@@H](O)[C@@H](O)[C@H](n3cc(-c4ccccn4)nn3)[C@@H]21. The number of aromatic nitrogens is 4. The maximum Gasteiger partial charge on any atom is 0.309 e. The highest BCUT2D eigenvalue weighted by Crippen LogP contribution is 2.51. The Morgan fingerprint density at radius 3 is 2.45 bits per heavy atom. The third-order valence-electron chi connectivity index (χ3n) is 6.13. The predicted molar refractivity (Wildman–Crippen MR) is 107 cm³/mol. The molecule has 8 atom stereocenters. The average molecular weight is 432 g/mol. The molecule has 2 aromatic heterocycles. The van der Waals surface area contributed by atoms with Gasteiger partial charge in [-0.3, -0.25) is 9.78 Å². The van der Waals surface area contributed by atoms with Gasteiger partial charge in [0.2, 0.25) is 0 Å². The van der Waals surface area contributed by atoms with Crippen LogP contribution in [-0.2, 0) is 9.53 Å². The van der Waals surface area contributed by atoms with Gasteiger partial charge in [-0.05, 0) is 39.3 Å². The molecule has 2 aromatic rings. The Morgan fingerprint density at radius 1 is 1.06 bits per heavy atom. The zero-order valence-electron chi connectivity index (χ0n) is 17.6. The van der Waals surface area contributed by atoms with Crippen molar-refractivity contribution in [2.45, 2.75) is 63.3 Å². The second-order valence-electron chi connectivity index (χ2n) is 9.36. The standard InChI is InChI=1S/C21H28N4O6/c1-21(2,3)31-20(30)10-8-13(26)17(27)15-14(10)16(19(29)18(15)28)25-9-12(23-24-25)11-6-4-5-7-22-11/h4-7,9-10,13-19,26-29H,8H2,1-3H3/t10-,13+,14+,15+,16+,17+,18+,19-/m0/s1. The molecule has 0 amide bonds. The van der Waals surface area contributed by atoms with E-state index in [9.17, 15) is 25.2 Å². The highest BCUT2D eigenvalue weighted by Gasteiger charge is 2.61. The van der Waals surface area contributed by atoms with Crippen LogP contribution in [0.5, 0.6) is 0 Å². The lowest BCUT2D eigenvalue weighted by Crippen LogP contribution is -2.52. The molecule has 10 heteroatoms. The number of hydrogen-bond acceptors (Lipinski definition) is 9. The summed E-state index contributed by atoms with van der Waals surface area (Å²) in [6.45, 7) is 5.22. The van der Waals surface area contributed by atoms with Crippen molar-refractivity contribution in [2.75, 3.05) is 0 Å². The Hall–Kier alpha value is -2.40. The fourth-order valence-electron chi connectivity index (χ4n) is 4.88. The number of carbonyl (C=O) groups is 1. The second kappa shape index (κ2) is 7.94. The molecule has 0 unspecified atom stereocenters. The Balaban J connectivity index is 1.72. The minimum Gasteiger partial charge on any atom is -0.460 e. The summed E-state index contributed by atoms with van der Waals surface area (Å²) in [7, 11) is 0. The number of hydrogen-bond donors (Lipinski definition) is 4. The molecule has 10 nitrogen and oxygen atoms in total. The molecule has 2 fully saturated rings. The first kappa shape index (κ1) is 21.8. The lowest BCUT2D eigenvalue weighted by molar-refractivity contribution is -0.174. The summed E-state index contributed by atoms with van der Waals surface area (Å²) < 4.78 is 6.96. The van der Waals surface area contributed by atoms with Crippen LogP contribution in [0.3, 0.4) is 0 Å². The van der Waals surface area contributed by atoms with E-state index in [1.165, 1.54) is 4.68 Å². The molecule has 0 saturated heterocycles. The van der Waals surface area contributed by atoms with E-state index in [1.807, 2.05) is 6.07 Å². The molecule has 4 N–H and O–H groups in total. The van der Waals surface area contributed by atoms with E-state index in [-0.39, 0.29) is 6.42 Å². The second-order valence-corrected chi connectivity index (χ2v) is 9.36. The van der Waals surface area contributed by atoms with Crippen molar-refractivity contribution in [2.24, 2.45) is 17.8 Å². The molecular weight excluding hydrogens is 404 g/mol. The number of ether oxygens (including phenoxy) is 1. The molecule has 0 spiro atoms. The minimum atomic E-state index is -1.35. The van der Waals surface area contributed by atoms with Gasteiger partial charge in [0.05, 0.1) is 42.2 Å². The first-order valence-electron chi connectivity index (χ1n) is 10.4. The predicted octanol–water partition coefficient (Wildman–Crippen LogP) is -0.0676. The molecule has 2 heterocycles. The van der Waals surface area contributed by atoms with Gasteiger partial charge in [0.25, 0.3) is 0 Å². The van der Waals surface area contributed by atoms with E-state index in [0.29, 0.717) is 11.4 Å². The van der Waals surface area contributed by atoms with Crippen LogP contribution in [0.2, 0.25) is 0 Å². The first-order chi connectivity index (χ1) is 14.6. The molecule has 31 heavy (non-hydrogen) atoms. The van der Waals surface area contributed by atoms with Crippen LogP contribution in [-0.4, -0.2) is 76.4 Å². The Morgan fingerprint density at radius 2 is 1.81 bits per heavy atom. The van der Waals surface area contributed by atoms with Crippen LogP contribution in [0.4, 0.5) is 0 Å². The summed E-state index contributed by atoms with van der Waals surface area (Å²) in [5, 5.41) is 50.8. The van der Waals surface area contributed by atoms with Crippen LogP contribution >= 0.6 is 0 Å². The van der Waals surface area contributed by atoms with Crippen LogP contribution in [0, 0.1) is 17.8 Å². The molecule has 2 aliphatic carbocycles. The van der Waals surface area contributed by atoms with E-state index in [2.05, 4.69) is 15.3 Å². The highest BCUT2D eigenvalue weighted by molar-refractivity contribution is 5.74. The van der Waals surface area contributed by atoms with Gasteiger partial charge in [0.15, 0.2) is 0 Å². The summed E-state index contributed by atoms with van der Waals surface area (Å²) >= 11 is 0. The highest BCUT2D eigenvalue weighted by atomic mass is 16.6. The fraction of sp³-hybridized carbons (Fsp3) is 0.619. The maximum absolute atomic E-state index is 13.0. The third kappa shape index (κ3) is 3.96. The molecule has 0 bridgehead atoms. The molecule has 0 aliphatic heterocycles. The lowest BCUT2D eigenvalue weighted by atomic mass is 9.69. The van der Waals surface area contributed by atoms with Crippen molar-refractivity contribution in [3.63, 3.8) is 0 Å². The van der Waals surface area contributed by atoms with Crippen LogP contribution in [0.25, 0.3) is 11.4 Å². The van der Waals surface area contributed by atoms with Crippen LogP contribution < -0.4 is 0 Å². The van der Waals surface area contributed by atoms with E-state index in [0.717, 1.165) is 0 Å². The van der Waals surface area contributed by atoms with Crippen molar-refractivity contribution in [3.05, 3.63) is 30.6 Å². The number of carbonyl (C=O) groups excluding carboxylic acids is 1. The van der Waals surface area contributed by atoms with Crippen molar-refractivity contribution in [3.8, 4) is 11.4 Å². The van der Waals surface area contributed by atoms with E-state index >= 15 is 0 Å². The van der Waals surface area contributed by atoms with Gasteiger partial charge in [-0.1, -0.05) is 11.3 Å². The third-order valence-corrected chi connectivity index (χ3v) is 6.13. The van der Waals surface area contributed by atoms with Crippen molar-refractivity contribution >= 4 is 5.97 Å². The molecule has 0 aromatic carbocycles. The summed E-state index contributed by atoms with van der Waals surface area (Å²) in [4.78, 5) is 17.2. The fourth-order valence-corrected chi connectivity index (χ4v) is 4.88. The monoisotopic (exact) mass is 432 g/mol. The van der Waals surface area contributed by atoms with E-state index < -0.39 is 59.8 Å². The zero-order chi connectivity index (χ0) is 22.5. The lowest BCUT2D eigenvalue weighted by Gasteiger charge is -2.41.